The third kappa shape index (κ3) is 1.48. The van der Waals surface area contributed by atoms with E-state index in [0.717, 1.165) is 11.8 Å². The van der Waals surface area contributed by atoms with Crippen LogP contribution in [0.4, 0.5) is 8.78 Å². The fourth-order valence-electron chi connectivity index (χ4n) is 1.53. The first-order chi connectivity index (χ1) is 6.63. The summed E-state index contributed by atoms with van der Waals surface area (Å²) in [6, 6.07) is 1.30. The van der Waals surface area contributed by atoms with E-state index in [9.17, 15) is 8.78 Å². The number of alkyl halides is 2. The molecule has 2 heterocycles. The molecule has 74 valence electrons. The van der Waals surface area contributed by atoms with E-state index in [1.807, 2.05) is 5.40 Å². The minimum atomic E-state index is -2.79. The molecule has 1 aliphatic heterocycles. The van der Waals surface area contributed by atoms with Crippen LogP contribution in [0.1, 0.15) is 18.5 Å². The third-order valence-corrected chi connectivity index (χ3v) is 2.64. The smallest absolute Gasteiger partial charge is 0.262 e. The van der Waals surface area contributed by atoms with E-state index in [2.05, 4.69) is 5.10 Å². The summed E-state index contributed by atoms with van der Waals surface area (Å²) in [7, 11) is 0. The summed E-state index contributed by atoms with van der Waals surface area (Å²) in [4.78, 5) is 0. The normalized spacial score (nSPS) is 18.6. The summed E-state index contributed by atoms with van der Waals surface area (Å²) < 4.78 is 27.9. The average molecular weight is 215 g/mol. The van der Waals surface area contributed by atoms with Crippen molar-refractivity contribution in [2.45, 2.75) is 30.3 Å². The molecule has 0 unspecified atom stereocenters. The van der Waals surface area contributed by atoms with Gasteiger partial charge in [0.15, 0.2) is 0 Å². The quantitative estimate of drug-likeness (QED) is 0.533. The Kier molecular flexibility index (Phi) is 2.19. The lowest BCUT2D eigenvalue weighted by Crippen LogP contribution is -2.25. The van der Waals surface area contributed by atoms with Gasteiger partial charge < -0.3 is 0 Å². The summed E-state index contributed by atoms with van der Waals surface area (Å²) in [5.41, 5.74) is -0.0681. The monoisotopic (exact) mass is 215 g/mol. The third-order valence-electron chi connectivity index (χ3n) is 2.14. The average Bonchev–Trinajstić information content (AvgIpc) is 2.49. The van der Waals surface area contributed by atoms with Crippen LogP contribution < -0.4 is 0 Å². The number of thioether (sulfide) groups is 1. The summed E-state index contributed by atoms with van der Waals surface area (Å²) in [5.74, 6) is -2.79. The second-order valence-corrected chi connectivity index (χ2v) is 3.90. The number of aryl methyl sites for hydroxylation is 1. The van der Waals surface area contributed by atoms with Gasteiger partial charge >= 0.3 is 0 Å². The highest BCUT2D eigenvalue weighted by molar-refractivity contribution is 8.03. The van der Waals surface area contributed by atoms with Crippen molar-refractivity contribution in [3.8, 4) is 5.40 Å². The highest BCUT2D eigenvalue weighted by Gasteiger charge is 2.38. The molecular formula is C8H7F2N3S. The molecule has 0 amide bonds. The van der Waals surface area contributed by atoms with Crippen LogP contribution in [0, 0.1) is 10.7 Å². The number of hydrogen-bond acceptors (Lipinski definition) is 3. The second-order valence-electron chi connectivity index (χ2n) is 3.09. The number of nitriles is 1. The number of nitrogens with zero attached hydrogens (tertiary/aromatic N) is 3. The Hall–Kier alpha value is -1.09. The number of aromatic nitrogens is 2. The van der Waals surface area contributed by atoms with Gasteiger partial charge in [0.2, 0.25) is 0 Å². The van der Waals surface area contributed by atoms with Crippen molar-refractivity contribution < 1.29 is 8.78 Å². The maximum atomic E-state index is 13.3. The Morgan fingerprint density at radius 3 is 3.07 bits per heavy atom. The van der Waals surface area contributed by atoms with Crippen LogP contribution in [0.2, 0.25) is 0 Å². The van der Waals surface area contributed by atoms with Crippen LogP contribution >= 0.6 is 11.8 Å². The predicted molar refractivity (Wildman–Crippen MR) is 46.8 cm³/mol. The van der Waals surface area contributed by atoms with E-state index in [1.165, 1.54) is 10.7 Å². The maximum absolute atomic E-state index is 13.3. The molecule has 0 saturated heterocycles. The lowest BCUT2D eigenvalue weighted by Gasteiger charge is -2.22. The maximum Gasteiger partial charge on any atom is 0.289 e. The van der Waals surface area contributed by atoms with E-state index in [4.69, 9.17) is 5.26 Å². The van der Waals surface area contributed by atoms with Crippen LogP contribution in [0.5, 0.6) is 0 Å². The Morgan fingerprint density at radius 1 is 1.64 bits per heavy atom. The van der Waals surface area contributed by atoms with E-state index >= 15 is 0 Å². The molecule has 2 rings (SSSR count). The van der Waals surface area contributed by atoms with Gasteiger partial charge in [0.05, 0.1) is 0 Å². The Balaban J connectivity index is 2.40. The standard InChI is InChI=1S/C8H7F2N3S/c9-8(10)2-1-3-13-6(8)4-7(12-13)14-5-11/h4H,1-3H2. The molecule has 3 nitrogen and oxygen atoms in total. The lowest BCUT2D eigenvalue weighted by atomic mass is 10.1. The van der Waals surface area contributed by atoms with Crippen molar-refractivity contribution in [1.82, 2.24) is 9.78 Å². The second kappa shape index (κ2) is 3.24. The van der Waals surface area contributed by atoms with Gasteiger partial charge in [-0.2, -0.15) is 19.1 Å². The van der Waals surface area contributed by atoms with Crippen LogP contribution in [-0.2, 0) is 12.5 Å². The van der Waals surface area contributed by atoms with Crippen LogP contribution in [0.15, 0.2) is 11.1 Å². The van der Waals surface area contributed by atoms with E-state index < -0.39 is 5.92 Å². The van der Waals surface area contributed by atoms with Crippen molar-refractivity contribution in [3.05, 3.63) is 11.8 Å². The van der Waals surface area contributed by atoms with Gasteiger partial charge in [-0.1, -0.05) is 0 Å². The number of fused-ring (bicyclic) bond motifs is 1. The van der Waals surface area contributed by atoms with Gasteiger partial charge in [-0.05, 0) is 6.42 Å². The van der Waals surface area contributed by atoms with E-state index in [-0.39, 0.29) is 12.1 Å². The van der Waals surface area contributed by atoms with Gasteiger partial charge in [-0.15, -0.1) is 0 Å². The molecule has 14 heavy (non-hydrogen) atoms. The van der Waals surface area contributed by atoms with Gasteiger partial charge in [-0.25, -0.2) is 0 Å². The van der Waals surface area contributed by atoms with Crippen molar-refractivity contribution in [1.29, 1.82) is 5.26 Å². The van der Waals surface area contributed by atoms with Gasteiger partial charge in [0.1, 0.15) is 16.1 Å². The molecule has 0 aliphatic carbocycles. The zero-order valence-electron chi connectivity index (χ0n) is 7.20. The molecule has 1 aromatic heterocycles. The lowest BCUT2D eigenvalue weighted by molar-refractivity contribution is -0.0364. The Morgan fingerprint density at radius 2 is 2.43 bits per heavy atom. The zero-order valence-corrected chi connectivity index (χ0v) is 8.02. The van der Waals surface area contributed by atoms with Gasteiger partial charge in [0, 0.05) is 30.8 Å². The van der Waals surface area contributed by atoms with Crippen LogP contribution in [-0.4, -0.2) is 9.78 Å². The summed E-state index contributed by atoms with van der Waals surface area (Å²) >= 11 is 0.810. The van der Waals surface area contributed by atoms with Crippen molar-refractivity contribution in [2.24, 2.45) is 0 Å². The SMILES string of the molecule is N#CSc1cc2n(n1)CCCC2(F)F. The molecule has 6 heteroatoms. The molecule has 0 spiro atoms. The van der Waals surface area contributed by atoms with Crippen molar-refractivity contribution >= 4 is 11.8 Å². The summed E-state index contributed by atoms with van der Waals surface area (Å²) in [5, 5.41) is 14.5. The van der Waals surface area contributed by atoms with Gasteiger partial charge in [0.25, 0.3) is 5.92 Å². The highest BCUT2D eigenvalue weighted by atomic mass is 32.2. The number of halogens is 2. The highest BCUT2D eigenvalue weighted by Crippen LogP contribution is 2.38. The van der Waals surface area contributed by atoms with Crippen LogP contribution in [0.25, 0.3) is 0 Å². The summed E-state index contributed by atoms with van der Waals surface area (Å²) in [6.45, 7) is 0.511. The first kappa shape index (κ1) is 9.46. The van der Waals surface area contributed by atoms with E-state index in [0.29, 0.717) is 18.0 Å². The first-order valence-corrected chi connectivity index (χ1v) is 4.97. The van der Waals surface area contributed by atoms with Crippen molar-refractivity contribution in [2.75, 3.05) is 0 Å². The molecule has 1 aromatic rings. The molecular weight excluding hydrogens is 208 g/mol. The Labute approximate surface area is 83.7 Å². The van der Waals surface area contributed by atoms with E-state index in [1.54, 1.807) is 0 Å². The molecule has 0 fully saturated rings. The number of rotatable bonds is 1. The number of thiocyanates is 1. The molecule has 0 atom stereocenters. The minimum absolute atomic E-state index is 0.0681. The van der Waals surface area contributed by atoms with Crippen molar-refractivity contribution in [3.63, 3.8) is 0 Å². The molecule has 0 N–H and O–H groups in total. The Bertz CT molecular complexity index is 394. The predicted octanol–water partition coefficient (Wildman–Crippen LogP) is 2.34. The van der Waals surface area contributed by atoms with Crippen LogP contribution in [0.3, 0.4) is 0 Å². The largest absolute Gasteiger partial charge is 0.289 e. The van der Waals surface area contributed by atoms with Gasteiger partial charge in [-0.3, -0.25) is 4.68 Å². The zero-order chi connectivity index (χ0) is 10.2. The molecule has 1 aliphatic rings. The molecule has 0 saturated carbocycles. The molecule has 0 aromatic carbocycles. The summed E-state index contributed by atoms with van der Waals surface area (Å²) in [6.07, 6.45) is 0.299. The fraction of sp³-hybridized carbons (Fsp3) is 0.500. The minimum Gasteiger partial charge on any atom is -0.262 e. The fourth-order valence-corrected chi connectivity index (χ4v) is 1.94. The topological polar surface area (TPSA) is 41.6 Å². The first-order valence-electron chi connectivity index (χ1n) is 4.15. The molecule has 0 bridgehead atoms. The number of hydrogen-bond donors (Lipinski definition) is 0. The molecule has 0 radical (unpaired) electrons.